The summed E-state index contributed by atoms with van der Waals surface area (Å²) in [7, 11) is 1.45. The zero-order valence-corrected chi connectivity index (χ0v) is 15.3. The van der Waals surface area contributed by atoms with Crippen LogP contribution in [0.15, 0.2) is 0 Å². The predicted molar refractivity (Wildman–Crippen MR) is 86.5 cm³/mol. The molecule has 2 bridgehead atoms. The molecule has 0 aliphatic carbocycles. The van der Waals surface area contributed by atoms with E-state index in [9.17, 15) is 24.0 Å². The van der Waals surface area contributed by atoms with Crippen molar-refractivity contribution in [3.8, 4) is 0 Å². The minimum atomic E-state index is -0.743. The van der Waals surface area contributed by atoms with E-state index in [1.807, 2.05) is 6.92 Å². The fourth-order valence-corrected chi connectivity index (χ4v) is 4.08. The molecule has 27 heavy (non-hydrogen) atoms. The Morgan fingerprint density at radius 3 is 2.33 bits per heavy atom. The van der Waals surface area contributed by atoms with E-state index in [1.165, 1.54) is 14.0 Å². The summed E-state index contributed by atoms with van der Waals surface area (Å²) in [5.74, 6) is -4.03. The molecule has 148 valence electrons. The fourth-order valence-electron chi connectivity index (χ4n) is 4.08. The number of hydrogen-bond acceptors (Lipinski definition) is 8. The summed E-state index contributed by atoms with van der Waals surface area (Å²) >= 11 is 0. The van der Waals surface area contributed by atoms with Crippen LogP contribution in [0.4, 0.5) is 0 Å². The maximum Gasteiger partial charge on any atom is 0.308 e. The highest BCUT2D eigenvalue weighted by Gasteiger charge is 2.69. The summed E-state index contributed by atoms with van der Waals surface area (Å²) < 4.78 is 16.0. The Morgan fingerprint density at radius 1 is 1.11 bits per heavy atom. The average Bonchev–Trinajstić information content (AvgIpc) is 3.22. The van der Waals surface area contributed by atoms with Crippen LogP contribution in [0.1, 0.15) is 26.7 Å². The Labute approximate surface area is 155 Å². The van der Waals surface area contributed by atoms with Gasteiger partial charge in [-0.15, -0.1) is 0 Å². The van der Waals surface area contributed by atoms with Gasteiger partial charge in [0.15, 0.2) is 6.73 Å². The molecule has 0 saturated carbocycles. The second-order valence-corrected chi connectivity index (χ2v) is 6.97. The molecule has 0 spiro atoms. The first-order valence-electron chi connectivity index (χ1n) is 8.80. The van der Waals surface area contributed by atoms with Crippen LogP contribution in [-0.2, 0) is 38.2 Å². The van der Waals surface area contributed by atoms with Crippen molar-refractivity contribution >= 4 is 29.7 Å². The van der Waals surface area contributed by atoms with Gasteiger partial charge >= 0.3 is 11.9 Å². The highest BCUT2D eigenvalue weighted by atomic mass is 16.6. The van der Waals surface area contributed by atoms with E-state index in [2.05, 4.69) is 5.32 Å². The van der Waals surface area contributed by atoms with Crippen LogP contribution in [0.2, 0.25) is 0 Å². The van der Waals surface area contributed by atoms with Gasteiger partial charge in [0.2, 0.25) is 17.7 Å². The number of imide groups is 1. The van der Waals surface area contributed by atoms with Crippen molar-refractivity contribution in [2.75, 3.05) is 13.8 Å². The Morgan fingerprint density at radius 2 is 1.74 bits per heavy atom. The third kappa shape index (κ3) is 3.29. The monoisotopic (exact) mass is 382 g/mol. The van der Waals surface area contributed by atoms with E-state index in [0.717, 1.165) is 4.90 Å². The number of nitrogens with one attached hydrogen (secondary N) is 1. The minimum Gasteiger partial charge on any atom is -0.459 e. The zero-order chi connectivity index (χ0) is 19.9. The third-order valence-electron chi connectivity index (χ3n) is 5.36. The van der Waals surface area contributed by atoms with E-state index in [1.54, 1.807) is 0 Å². The van der Waals surface area contributed by atoms with E-state index in [-0.39, 0.29) is 24.7 Å². The average molecular weight is 382 g/mol. The van der Waals surface area contributed by atoms with E-state index in [4.69, 9.17) is 14.2 Å². The number of nitrogens with zero attached hydrogens (tertiary/aromatic N) is 1. The van der Waals surface area contributed by atoms with Crippen LogP contribution in [0.3, 0.4) is 0 Å². The molecular formula is C17H22N2O8. The Kier molecular flexibility index (Phi) is 5.18. The Balaban J connectivity index is 1.62. The van der Waals surface area contributed by atoms with Gasteiger partial charge in [0.1, 0.15) is 12.2 Å². The maximum absolute atomic E-state index is 12.7. The van der Waals surface area contributed by atoms with Gasteiger partial charge < -0.3 is 19.5 Å². The van der Waals surface area contributed by atoms with Crippen molar-refractivity contribution in [3.05, 3.63) is 0 Å². The van der Waals surface area contributed by atoms with Gasteiger partial charge in [-0.1, -0.05) is 6.92 Å². The van der Waals surface area contributed by atoms with Crippen LogP contribution in [0.25, 0.3) is 0 Å². The van der Waals surface area contributed by atoms with Gasteiger partial charge in [0, 0.05) is 26.3 Å². The minimum absolute atomic E-state index is 0.0396. The third-order valence-corrected chi connectivity index (χ3v) is 5.36. The summed E-state index contributed by atoms with van der Waals surface area (Å²) in [6.45, 7) is 2.60. The predicted octanol–water partition coefficient (Wildman–Crippen LogP) is -1.04. The topological polar surface area (TPSA) is 128 Å². The zero-order valence-electron chi connectivity index (χ0n) is 15.3. The highest BCUT2D eigenvalue weighted by Crippen LogP contribution is 2.52. The van der Waals surface area contributed by atoms with Crippen molar-refractivity contribution < 1.29 is 38.2 Å². The molecule has 3 heterocycles. The molecule has 10 heteroatoms. The largest absolute Gasteiger partial charge is 0.459 e. The molecule has 3 amide bonds. The molecule has 0 radical (unpaired) electrons. The van der Waals surface area contributed by atoms with Crippen LogP contribution >= 0.6 is 0 Å². The lowest BCUT2D eigenvalue weighted by molar-refractivity contribution is -0.160. The van der Waals surface area contributed by atoms with Crippen LogP contribution in [-0.4, -0.2) is 66.7 Å². The number of rotatable bonds is 6. The number of fused-ring (bicyclic) bond motifs is 5. The van der Waals surface area contributed by atoms with Crippen molar-refractivity contribution in [1.29, 1.82) is 0 Å². The van der Waals surface area contributed by atoms with Crippen molar-refractivity contribution in [2.45, 2.75) is 45.0 Å². The van der Waals surface area contributed by atoms with Crippen molar-refractivity contribution in [1.82, 2.24) is 10.2 Å². The van der Waals surface area contributed by atoms with Gasteiger partial charge in [-0.25, -0.2) is 4.90 Å². The second kappa shape index (κ2) is 7.26. The molecule has 0 aromatic carbocycles. The van der Waals surface area contributed by atoms with Crippen LogP contribution in [0, 0.1) is 17.8 Å². The molecule has 4 unspecified atom stereocenters. The first-order chi connectivity index (χ1) is 12.8. The molecule has 0 aromatic heterocycles. The summed E-state index contributed by atoms with van der Waals surface area (Å²) in [6, 6.07) is 0. The summed E-state index contributed by atoms with van der Waals surface area (Å²) in [6.07, 6.45) is -1.97. The number of carbonyl (C=O) groups excluding carboxylic acids is 5. The lowest BCUT2D eigenvalue weighted by Crippen LogP contribution is -2.45. The molecule has 3 fully saturated rings. The van der Waals surface area contributed by atoms with Crippen molar-refractivity contribution in [2.24, 2.45) is 17.8 Å². The van der Waals surface area contributed by atoms with E-state index >= 15 is 0 Å². The van der Waals surface area contributed by atoms with E-state index in [0.29, 0.717) is 0 Å². The van der Waals surface area contributed by atoms with Gasteiger partial charge in [-0.3, -0.25) is 24.0 Å². The number of amides is 3. The quantitative estimate of drug-likeness (QED) is 0.456. The fraction of sp³-hybridized carbons (Fsp3) is 0.706. The van der Waals surface area contributed by atoms with Gasteiger partial charge in [0.25, 0.3) is 0 Å². The first-order valence-corrected chi connectivity index (χ1v) is 8.80. The molecule has 3 aliphatic heterocycles. The molecule has 6 atom stereocenters. The summed E-state index contributed by atoms with van der Waals surface area (Å²) in [5.41, 5.74) is 0. The van der Waals surface area contributed by atoms with Gasteiger partial charge in [-0.2, -0.15) is 0 Å². The molecule has 1 N–H and O–H groups in total. The lowest BCUT2D eigenvalue weighted by Gasteiger charge is -2.29. The molecule has 3 aliphatic rings. The first kappa shape index (κ1) is 19.3. The van der Waals surface area contributed by atoms with Crippen molar-refractivity contribution in [3.63, 3.8) is 0 Å². The van der Waals surface area contributed by atoms with Gasteiger partial charge in [-0.05, 0) is 0 Å². The highest BCUT2D eigenvalue weighted by molar-refractivity contribution is 6.06. The molecule has 10 nitrogen and oxygen atoms in total. The number of likely N-dealkylation sites (tertiary alicyclic amines) is 1. The van der Waals surface area contributed by atoms with Crippen LogP contribution in [0.5, 0.6) is 0 Å². The van der Waals surface area contributed by atoms with Gasteiger partial charge in [0.05, 0.1) is 24.4 Å². The Bertz CT molecular complexity index is 692. The smallest absolute Gasteiger partial charge is 0.308 e. The number of carbonyl (C=O) groups is 5. The molecule has 3 saturated heterocycles. The standard InChI is InChI=1S/C17H22N2O8/c1-7-13-11-12(15(27-13)14(7)26-8(2)20)17(24)19(16(11)23)6-25-10(22)5-4-9(21)18-3/h7,11-15H,4-6H2,1-3H3,(H,18,21)/t7-,11?,12?,13-,14?,15?/m1/s1. The Hall–Kier alpha value is -2.49. The summed E-state index contributed by atoms with van der Waals surface area (Å²) in [5, 5.41) is 2.38. The number of hydrogen-bond donors (Lipinski definition) is 1. The number of esters is 2. The molecular weight excluding hydrogens is 360 g/mol. The van der Waals surface area contributed by atoms with E-state index < -0.39 is 60.6 Å². The molecule has 3 rings (SSSR count). The number of ether oxygens (including phenoxy) is 3. The molecule has 0 aromatic rings. The summed E-state index contributed by atoms with van der Waals surface area (Å²) in [4.78, 5) is 60.4. The normalized spacial score (nSPS) is 33.8. The van der Waals surface area contributed by atoms with Crippen LogP contribution < -0.4 is 5.32 Å². The lowest BCUT2D eigenvalue weighted by atomic mass is 9.74. The maximum atomic E-state index is 12.7. The SMILES string of the molecule is CNC(=O)CCC(=O)OCN1C(=O)C2C3O[C@@H](C2C1=O)[C@@H](C)C3OC(C)=O. The second-order valence-electron chi connectivity index (χ2n) is 6.97.